The maximum absolute atomic E-state index is 13.1. The third-order valence-corrected chi connectivity index (χ3v) is 3.24. The summed E-state index contributed by atoms with van der Waals surface area (Å²) in [5.74, 6) is -0.264. The van der Waals surface area contributed by atoms with E-state index in [1.54, 1.807) is 6.07 Å². The molecule has 1 nitrogen and oxygen atoms in total. The summed E-state index contributed by atoms with van der Waals surface area (Å²) < 4.78 is 13.1. The number of nitrogens with one attached hydrogen (secondary N) is 1. The lowest BCUT2D eigenvalue weighted by molar-refractivity contribution is 0.626. The molecule has 0 bridgehead atoms. The van der Waals surface area contributed by atoms with Crippen LogP contribution in [0.15, 0.2) is 42.5 Å². The van der Waals surface area contributed by atoms with Crippen LogP contribution < -0.4 is 5.32 Å². The Bertz CT molecular complexity index is 540. The average molecular weight is 264 g/mol. The SMILES string of the molecule is CCc1ccccc1NCc1cc(F)ccc1Cl. The molecule has 94 valence electrons. The molecular formula is C15H15ClFN. The lowest BCUT2D eigenvalue weighted by Gasteiger charge is -2.11. The molecule has 0 aromatic heterocycles. The molecule has 2 rings (SSSR count). The smallest absolute Gasteiger partial charge is 0.123 e. The second-order valence-corrected chi connectivity index (χ2v) is 4.51. The molecular weight excluding hydrogens is 249 g/mol. The molecule has 0 aliphatic heterocycles. The van der Waals surface area contributed by atoms with Crippen LogP contribution in [-0.4, -0.2) is 0 Å². The summed E-state index contributed by atoms with van der Waals surface area (Å²) >= 11 is 6.03. The number of halogens is 2. The second kappa shape index (κ2) is 5.87. The summed E-state index contributed by atoms with van der Waals surface area (Å²) in [6.07, 6.45) is 0.958. The Morgan fingerprint density at radius 3 is 2.67 bits per heavy atom. The van der Waals surface area contributed by atoms with E-state index in [1.807, 2.05) is 18.2 Å². The first-order chi connectivity index (χ1) is 8.70. The van der Waals surface area contributed by atoms with Crippen LogP contribution in [0.25, 0.3) is 0 Å². The van der Waals surface area contributed by atoms with Crippen molar-refractivity contribution in [2.24, 2.45) is 0 Å². The van der Waals surface area contributed by atoms with Gasteiger partial charge in [-0.25, -0.2) is 4.39 Å². The Morgan fingerprint density at radius 1 is 1.11 bits per heavy atom. The van der Waals surface area contributed by atoms with Crippen LogP contribution in [0.1, 0.15) is 18.1 Å². The first-order valence-corrected chi connectivity index (χ1v) is 6.34. The first kappa shape index (κ1) is 12.9. The number of hydrogen-bond acceptors (Lipinski definition) is 1. The van der Waals surface area contributed by atoms with Crippen LogP contribution in [0, 0.1) is 5.82 Å². The molecule has 2 aromatic rings. The molecule has 0 saturated heterocycles. The molecule has 0 saturated carbocycles. The second-order valence-electron chi connectivity index (χ2n) is 4.10. The minimum Gasteiger partial charge on any atom is -0.381 e. The van der Waals surface area contributed by atoms with Crippen LogP contribution in [0.5, 0.6) is 0 Å². The van der Waals surface area contributed by atoms with Gasteiger partial charge in [0.15, 0.2) is 0 Å². The van der Waals surface area contributed by atoms with Crippen molar-refractivity contribution in [1.29, 1.82) is 0 Å². The Hall–Kier alpha value is -1.54. The van der Waals surface area contributed by atoms with Gasteiger partial charge >= 0.3 is 0 Å². The van der Waals surface area contributed by atoms with E-state index in [1.165, 1.54) is 17.7 Å². The van der Waals surface area contributed by atoms with Gasteiger partial charge in [-0.1, -0.05) is 36.7 Å². The van der Waals surface area contributed by atoms with Gasteiger partial charge in [0, 0.05) is 17.3 Å². The van der Waals surface area contributed by atoms with E-state index < -0.39 is 0 Å². The Labute approximate surface area is 112 Å². The molecule has 0 aliphatic carbocycles. The predicted octanol–water partition coefficient (Wildman–Crippen LogP) is 4.65. The maximum atomic E-state index is 13.1. The first-order valence-electron chi connectivity index (χ1n) is 5.96. The van der Waals surface area contributed by atoms with E-state index in [2.05, 4.69) is 18.3 Å². The number of benzene rings is 2. The third-order valence-electron chi connectivity index (χ3n) is 2.88. The number of hydrogen-bond donors (Lipinski definition) is 1. The van der Waals surface area contributed by atoms with Crippen molar-refractivity contribution in [2.75, 3.05) is 5.32 Å². The van der Waals surface area contributed by atoms with E-state index in [0.29, 0.717) is 11.6 Å². The van der Waals surface area contributed by atoms with Crippen molar-refractivity contribution in [3.05, 3.63) is 64.4 Å². The van der Waals surface area contributed by atoms with Gasteiger partial charge in [-0.15, -0.1) is 0 Å². The molecule has 0 atom stereocenters. The van der Waals surface area contributed by atoms with Crippen LogP contribution >= 0.6 is 11.6 Å². The fraction of sp³-hybridized carbons (Fsp3) is 0.200. The van der Waals surface area contributed by atoms with Gasteiger partial charge in [0.25, 0.3) is 0 Å². The molecule has 18 heavy (non-hydrogen) atoms. The van der Waals surface area contributed by atoms with E-state index in [4.69, 9.17) is 11.6 Å². The van der Waals surface area contributed by atoms with Gasteiger partial charge < -0.3 is 5.32 Å². The molecule has 0 heterocycles. The topological polar surface area (TPSA) is 12.0 Å². The normalized spacial score (nSPS) is 10.4. The Kier molecular flexibility index (Phi) is 4.21. The lowest BCUT2D eigenvalue weighted by atomic mass is 10.1. The fourth-order valence-corrected chi connectivity index (χ4v) is 2.05. The molecule has 0 unspecified atom stereocenters. The number of aryl methyl sites for hydroxylation is 1. The van der Waals surface area contributed by atoms with E-state index in [0.717, 1.165) is 17.7 Å². The zero-order valence-electron chi connectivity index (χ0n) is 10.2. The third kappa shape index (κ3) is 3.02. The molecule has 3 heteroatoms. The van der Waals surface area contributed by atoms with Crippen LogP contribution in [0.3, 0.4) is 0 Å². The van der Waals surface area contributed by atoms with Crippen LogP contribution in [0.4, 0.5) is 10.1 Å². The summed E-state index contributed by atoms with van der Waals surface area (Å²) in [5, 5.41) is 3.88. The van der Waals surface area contributed by atoms with Crippen molar-refractivity contribution in [2.45, 2.75) is 19.9 Å². The summed E-state index contributed by atoms with van der Waals surface area (Å²) in [7, 11) is 0. The highest BCUT2D eigenvalue weighted by molar-refractivity contribution is 6.31. The molecule has 2 aromatic carbocycles. The number of rotatable bonds is 4. The van der Waals surface area contributed by atoms with E-state index >= 15 is 0 Å². The van der Waals surface area contributed by atoms with Crippen molar-refractivity contribution in [1.82, 2.24) is 0 Å². The molecule has 0 amide bonds. The standard InChI is InChI=1S/C15H15ClFN/c1-2-11-5-3-4-6-15(11)18-10-12-9-13(17)7-8-14(12)16/h3-9,18H,2,10H2,1H3. The zero-order valence-corrected chi connectivity index (χ0v) is 11.0. The zero-order chi connectivity index (χ0) is 13.0. The van der Waals surface area contributed by atoms with Crippen molar-refractivity contribution < 1.29 is 4.39 Å². The molecule has 0 spiro atoms. The quantitative estimate of drug-likeness (QED) is 0.846. The van der Waals surface area contributed by atoms with Crippen LogP contribution in [0.2, 0.25) is 5.02 Å². The largest absolute Gasteiger partial charge is 0.381 e. The number of para-hydroxylation sites is 1. The minimum absolute atomic E-state index is 0.264. The molecule has 1 N–H and O–H groups in total. The van der Waals surface area contributed by atoms with Crippen LogP contribution in [-0.2, 0) is 13.0 Å². The maximum Gasteiger partial charge on any atom is 0.123 e. The summed E-state index contributed by atoms with van der Waals surface area (Å²) in [4.78, 5) is 0. The molecule has 0 radical (unpaired) electrons. The Morgan fingerprint density at radius 2 is 1.89 bits per heavy atom. The highest BCUT2D eigenvalue weighted by atomic mass is 35.5. The van der Waals surface area contributed by atoms with Gasteiger partial charge in [-0.2, -0.15) is 0 Å². The average Bonchev–Trinajstić information content (AvgIpc) is 2.40. The fourth-order valence-electron chi connectivity index (χ4n) is 1.87. The van der Waals surface area contributed by atoms with Crippen molar-refractivity contribution in [3.8, 4) is 0 Å². The predicted molar refractivity (Wildman–Crippen MR) is 74.6 cm³/mol. The van der Waals surface area contributed by atoms with E-state index in [9.17, 15) is 4.39 Å². The highest BCUT2D eigenvalue weighted by Crippen LogP contribution is 2.20. The summed E-state index contributed by atoms with van der Waals surface area (Å²) in [6.45, 7) is 2.63. The van der Waals surface area contributed by atoms with Gasteiger partial charge in [-0.05, 0) is 41.8 Å². The lowest BCUT2D eigenvalue weighted by Crippen LogP contribution is -2.03. The summed E-state index contributed by atoms with van der Waals surface area (Å²) in [6, 6.07) is 12.5. The van der Waals surface area contributed by atoms with Crippen molar-refractivity contribution in [3.63, 3.8) is 0 Å². The van der Waals surface area contributed by atoms with Crippen molar-refractivity contribution >= 4 is 17.3 Å². The highest BCUT2D eigenvalue weighted by Gasteiger charge is 2.04. The van der Waals surface area contributed by atoms with Gasteiger partial charge in [-0.3, -0.25) is 0 Å². The van der Waals surface area contributed by atoms with E-state index in [-0.39, 0.29) is 5.82 Å². The Balaban J connectivity index is 2.14. The summed E-state index contributed by atoms with van der Waals surface area (Å²) in [5.41, 5.74) is 3.08. The van der Waals surface area contributed by atoms with Gasteiger partial charge in [0.1, 0.15) is 5.82 Å². The monoisotopic (exact) mass is 263 g/mol. The minimum atomic E-state index is -0.264. The molecule has 0 fully saturated rings. The van der Waals surface area contributed by atoms with Gasteiger partial charge in [0.05, 0.1) is 0 Å². The van der Waals surface area contributed by atoms with Gasteiger partial charge in [0.2, 0.25) is 0 Å². The number of anilines is 1. The molecule has 0 aliphatic rings.